The van der Waals surface area contributed by atoms with Crippen LogP contribution in [0.5, 0.6) is 0 Å². The molecule has 0 spiro atoms. The van der Waals surface area contributed by atoms with Gasteiger partial charge in [0.25, 0.3) is 0 Å². The molecule has 1 N–H and O–H groups in total. The van der Waals surface area contributed by atoms with E-state index < -0.39 is 0 Å². The van der Waals surface area contributed by atoms with Gasteiger partial charge in [-0.3, -0.25) is 4.79 Å². The summed E-state index contributed by atoms with van der Waals surface area (Å²) in [4.78, 5) is 12.7. The summed E-state index contributed by atoms with van der Waals surface area (Å²) in [5.74, 6) is -0.153. The maximum Gasteiger partial charge on any atom is 0.244 e. The first-order valence-corrected chi connectivity index (χ1v) is 7.22. The van der Waals surface area contributed by atoms with E-state index in [1.165, 1.54) is 6.08 Å². The quantitative estimate of drug-likeness (QED) is 0.834. The third-order valence-electron chi connectivity index (χ3n) is 2.41. The van der Waals surface area contributed by atoms with Crippen molar-refractivity contribution in [3.05, 3.63) is 62.3 Å². The minimum absolute atomic E-state index is 0.153. The van der Waals surface area contributed by atoms with Gasteiger partial charge in [-0.1, -0.05) is 35.3 Å². The van der Waals surface area contributed by atoms with Crippen molar-refractivity contribution in [1.82, 2.24) is 5.32 Å². The first-order chi connectivity index (χ1) is 9.15. The number of hydrogen-bond acceptors (Lipinski definition) is 2. The molecule has 0 fully saturated rings. The zero-order valence-corrected chi connectivity index (χ0v) is 12.2. The standard InChI is InChI=1S/C14H11Cl2NOS/c15-11-4-3-10(13(16)8-11)9-17-14(18)6-5-12-2-1-7-19-12/h1-8H,9H2,(H,17,18). The van der Waals surface area contributed by atoms with E-state index in [2.05, 4.69) is 5.32 Å². The first-order valence-electron chi connectivity index (χ1n) is 5.58. The van der Waals surface area contributed by atoms with Crippen LogP contribution >= 0.6 is 34.5 Å². The predicted octanol–water partition coefficient (Wildman–Crippen LogP) is 4.38. The van der Waals surface area contributed by atoms with Crippen molar-refractivity contribution in [1.29, 1.82) is 0 Å². The molecule has 0 saturated carbocycles. The number of carbonyl (C=O) groups is 1. The zero-order valence-electron chi connectivity index (χ0n) is 9.90. The van der Waals surface area contributed by atoms with E-state index in [-0.39, 0.29) is 5.91 Å². The number of benzene rings is 1. The van der Waals surface area contributed by atoms with Crippen molar-refractivity contribution in [3.63, 3.8) is 0 Å². The second-order valence-electron chi connectivity index (χ2n) is 3.80. The van der Waals surface area contributed by atoms with Gasteiger partial charge in [-0.2, -0.15) is 0 Å². The lowest BCUT2D eigenvalue weighted by Gasteiger charge is -2.05. The van der Waals surface area contributed by atoms with E-state index in [0.29, 0.717) is 16.6 Å². The molecule has 0 radical (unpaired) electrons. The molecule has 1 aromatic carbocycles. The Kier molecular flexibility index (Phi) is 5.02. The highest BCUT2D eigenvalue weighted by Crippen LogP contribution is 2.20. The van der Waals surface area contributed by atoms with Gasteiger partial charge in [0, 0.05) is 27.5 Å². The molecule has 0 unspecified atom stereocenters. The highest BCUT2D eigenvalue weighted by Gasteiger charge is 2.02. The molecule has 0 aliphatic heterocycles. The van der Waals surface area contributed by atoms with Crippen LogP contribution in [0.1, 0.15) is 10.4 Å². The van der Waals surface area contributed by atoms with E-state index in [9.17, 15) is 4.79 Å². The Bertz CT molecular complexity index is 593. The Balaban J connectivity index is 1.90. The largest absolute Gasteiger partial charge is 0.348 e. The van der Waals surface area contributed by atoms with Gasteiger partial charge < -0.3 is 5.32 Å². The number of thiophene rings is 1. The monoisotopic (exact) mass is 311 g/mol. The highest BCUT2D eigenvalue weighted by atomic mass is 35.5. The van der Waals surface area contributed by atoms with Crippen LogP contribution in [0.2, 0.25) is 10.0 Å². The van der Waals surface area contributed by atoms with Gasteiger partial charge in [0.1, 0.15) is 0 Å². The smallest absolute Gasteiger partial charge is 0.244 e. The molecule has 0 aliphatic carbocycles. The molecular formula is C14H11Cl2NOS. The maximum atomic E-state index is 11.6. The summed E-state index contributed by atoms with van der Waals surface area (Å²) in [7, 11) is 0. The Hall–Kier alpha value is -1.29. The molecule has 19 heavy (non-hydrogen) atoms. The molecule has 2 aromatic rings. The van der Waals surface area contributed by atoms with Crippen molar-refractivity contribution in [2.75, 3.05) is 0 Å². The number of amides is 1. The highest BCUT2D eigenvalue weighted by molar-refractivity contribution is 7.10. The van der Waals surface area contributed by atoms with E-state index in [1.807, 2.05) is 17.5 Å². The Morgan fingerprint density at radius 1 is 1.32 bits per heavy atom. The predicted molar refractivity (Wildman–Crippen MR) is 81.7 cm³/mol. The third-order valence-corrected chi connectivity index (χ3v) is 3.83. The van der Waals surface area contributed by atoms with Crippen LogP contribution in [0.3, 0.4) is 0 Å². The minimum atomic E-state index is -0.153. The lowest BCUT2D eigenvalue weighted by molar-refractivity contribution is -0.116. The van der Waals surface area contributed by atoms with Crippen molar-refractivity contribution in [3.8, 4) is 0 Å². The molecule has 0 saturated heterocycles. The van der Waals surface area contributed by atoms with E-state index in [4.69, 9.17) is 23.2 Å². The molecule has 0 bridgehead atoms. The number of halogens is 2. The van der Waals surface area contributed by atoms with E-state index in [0.717, 1.165) is 10.4 Å². The van der Waals surface area contributed by atoms with Crippen molar-refractivity contribution in [2.45, 2.75) is 6.54 Å². The Labute approximate surface area is 125 Å². The average Bonchev–Trinajstić information content (AvgIpc) is 2.88. The normalized spacial score (nSPS) is 10.8. The second-order valence-corrected chi connectivity index (χ2v) is 5.63. The van der Waals surface area contributed by atoms with Crippen LogP contribution < -0.4 is 5.32 Å². The van der Waals surface area contributed by atoms with Gasteiger partial charge in [-0.05, 0) is 35.2 Å². The number of rotatable bonds is 4. The molecule has 1 heterocycles. The van der Waals surface area contributed by atoms with Gasteiger partial charge in [-0.15, -0.1) is 11.3 Å². The molecule has 5 heteroatoms. The summed E-state index contributed by atoms with van der Waals surface area (Å²) in [5, 5.41) is 5.87. The molecule has 0 aliphatic rings. The van der Waals surface area contributed by atoms with Crippen molar-refractivity contribution < 1.29 is 4.79 Å². The first kappa shape index (κ1) is 14.1. The molecule has 1 amide bonds. The molecule has 1 aromatic heterocycles. The van der Waals surface area contributed by atoms with Gasteiger partial charge in [0.15, 0.2) is 0 Å². The topological polar surface area (TPSA) is 29.1 Å². The van der Waals surface area contributed by atoms with Gasteiger partial charge in [-0.25, -0.2) is 0 Å². The van der Waals surface area contributed by atoms with Crippen LogP contribution in [-0.4, -0.2) is 5.91 Å². The fourth-order valence-electron chi connectivity index (χ4n) is 1.45. The zero-order chi connectivity index (χ0) is 13.7. The summed E-state index contributed by atoms with van der Waals surface area (Å²) < 4.78 is 0. The minimum Gasteiger partial charge on any atom is -0.348 e. The van der Waals surface area contributed by atoms with E-state index >= 15 is 0 Å². The second kappa shape index (κ2) is 6.75. The van der Waals surface area contributed by atoms with Crippen LogP contribution in [-0.2, 0) is 11.3 Å². The molecule has 2 rings (SSSR count). The SMILES string of the molecule is O=C(C=Cc1cccs1)NCc1ccc(Cl)cc1Cl. The molecular weight excluding hydrogens is 301 g/mol. The van der Waals surface area contributed by atoms with Crippen LogP contribution in [0.25, 0.3) is 6.08 Å². The van der Waals surface area contributed by atoms with Crippen molar-refractivity contribution >= 4 is 46.5 Å². The molecule has 0 atom stereocenters. The third kappa shape index (κ3) is 4.39. The Morgan fingerprint density at radius 3 is 2.84 bits per heavy atom. The van der Waals surface area contributed by atoms with Crippen LogP contribution in [0.4, 0.5) is 0 Å². The van der Waals surface area contributed by atoms with Crippen LogP contribution in [0, 0.1) is 0 Å². The summed E-state index contributed by atoms with van der Waals surface area (Å²) in [6.45, 7) is 0.379. The summed E-state index contributed by atoms with van der Waals surface area (Å²) in [6.07, 6.45) is 3.29. The van der Waals surface area contributed by atoms with Gasteiger partial charge in [0.05, 0.1) is 0 Å². The average molecular weight is 312 g/mol. The molecule has 2 nitrogen and oxygen atoms in total. The molecule has 98 valence electrons. The lowest BCUT2D eigenvalue weighted by atomic mass is 10.2. The summed E-state index contributed by atoms with van der Waals surface area (Å²) in [5.41, 5.74) is 0.837. The fraction of sp³-hybridized carbons (Fsp3) is 0.0714. The Morgan fingerprint density at radius 2 is 2.16 bits per heavy atom. The number of nitrogens with one attached hydrogen (secondary N) is 1. The van der Waals surface area contributed by atoms with Gasteiger partial charge >= 0.3 is 0 Å². The van der Waals surface area contributed by atoms with Crippen LogP contribution in [0.15, 0.2) is 41.8 Å². The van der Waals surface area contributed by atoms with E-state index in [1.54, 1.807) is 35.6 Å². The fourth-order valence-corrected chi connectivity index (χ4v) is 2.54. The summed E-state index contributed by atoms with van der Waals surface area (Å²) >= 11 is 13.4. The van der Waals surface area contributed by atoms with Crippen molar-refractivity contribution in [2.24, 2.45) is 0 Å². The van der Waals surface area contributed by atoms with Gasteiger partial charge in [0.2, 0.25) is 5.91 Å². The summed E-state index contributed by atoms with van der Waals surface area (Å²) in [6, 6.07) is 9.09. The maximum absolute atomic E-state index is 11.6. The number of hydrogen-bond donors (Lipinski definition) is 1. The number of carbonyl (C=O) groups excluding carboxylic acids is 1. The lowest BCUT2D eigenvalue weighted by Crippen LogP contribution is -2.20.